The van der Waals surface area contributed by atoms with Crippen LogP contribution in [-0.4, -0.2) is 5.97 Å². The van der Waals surface area contributed by atoms with Gasteiger partial charge in [-0.3, -0.25) is 0 Å². The highest BCUT2D eigenvalue weighted by molar-refractivity contribution is 5.91. The third kappa shape index (κ3) is 7.26. The van der Waals surface area contributed by atoms with E-state index in [4.69, 9.17) is 4.74 Å². The quantitative estimate of drug-likeness (QED) is 0.210. The molecule has 29 heavy (non-hydrogen) atoms. The molecular weight excluding hydrogens is 370 g/mol. The highest BCUT2D eigenvalue weighted by Gasteiger charge is 2.17. The number of rotatable bonds is 12. The first-order chi connectivity index (χ1) is 14.1. The van der Waals surface area contributed by atoms with Crippen molar-refractivity contribution in [2.75, 3.05) is 0 Å². The Labute approximate surface area is 173 Å². The summed E-state index contributed by atoms with van der Waals surface area (Å²) in [7, 11) is 0. The van der Waals surface area contributed by atoms with Gasteiger partial charge in [-0.2, -0.15) is 4.39 Å². The van der Waals surface area contributed by atoms with Crippen molar-refractivity contribution in [2.24, 2.45) is 0 Å². The van der Waals surface area contributed by atoms with Gasteiger partial charge in [-0.15, -0.1) is 0 Å². The summed E-state index contributed by atoms with van der Waals surface area (Å²) < 4.78 is 33.2. The SMILES string of the molecule is CCCCCCCCCc1ccc(C(=O)Oc2ccc(CCC)c(F)c2F)cc1. The third-order valence-corrected chi connectivity index (χ3v) is 5.11. The van der Waals surface area contributed by atoms with Crippen LogP contribution in [0.25, 0.3) is 0 Å². The first-order valence-electron chi connectivity index (χ1n) is 10.8. The summed E-state index contributed by atoms with van der Waals surface area (Å²) in [5.74, 6) is -3.12. The van der Waals surface area contributed by atoms with Crippen molar-refractivity contribution in [1.82, 2.24) is 0 Å². The molecule has 0 saturated heterocycles. The molecular formula is C25H32F2O2. The highest BCUT2D eigenvalue weighted by Crippen LogP contribution is 2.24. The Morgan fingerprint density at radius 1 is 0.759 bits per heavy atom. The fourth-order valence-corrected chi connectivity index (χ4v) is 3.37. The van der Waals surface area contributed by atoms with E-state index < -0.39 is 17.6 Å². The van der Waals surface area contributed by atoms with Gasteiger partial charge in [0.1, 0.15) is 0 Å². The number of esters is 1. The summed E-state index contributed by atoms with van der Waals surface area (Å²) in [6.07, 6.45) is 10.9. The average Bonchev–Trinajstić information content (AvgIpc) is 2.73. The molecule has 0 amide bonds. The molecule has 158 valence electrons. The van der Waals surface area contributed by atoms with Gasteiger partial charge in [-0.05, 0) is 48.6 Å². The monoisotopic (exact) mass is 402 g/mol. The standard InChI is InChI=1S/C25H32F2O2/c1-3-5-6-7-8-9-10-12-19-13-15-21(16-14-19)25(28)29-22-18-17-20(11-4-2)23(26)24(22)27/h13-18H,3-12H2,1-2H3. The van der Waals surface area contributed by atoms with Crippen LogP contribution in [0, 0.1) is 11.6 Å². The highest BCUT2D eigenvalue weighted by atomic mass is 19.2. The Bertz CT molecular complexity index is 769. The van der Waals surface area contributed by atoms with Crippen molar-refractivity contribution < 1.29 is 18.3 Å². The molecule has 0 aliphatic carbocycles. The van der Waals surface area contributed by atoms with E-state index in [9.17, 15) is 13.6 Å². The second kappa shape index (κ2) is 12.4. The zero-order valence-corrected chi connectivity index (χ0v) is 17.6. The van der Waals surface area contributed by atoms with Crippen LogP contribution < -0.4 is 4.74 Å². The summed E-state index contributed by atoms with van der Waals surface area (Å²) in [4.78, 5) is 12.3. The van der Waals surface area contributed by atoms with Crippen molar-refractivity contribution in [3.05, 3.63) is 64.7 Å². The predicted molar refractivity (Wildman–Crippen MR) is 113 cm³/mol. The lowest BCUT2D eigenvalue weighted by atomic mass is 10.0. The maximum absolute atomic E-state index is 14.1. The Kier molecular flexibility index (Phi) is 9.82. The smallest absolute Gasteiger partial charge is 0.343 e. The summed E-state index contributed by atoms with van der Waals surface area (Å²) in [6.45, 7) is 4.11. The lowest BCUT2D eigenvalue weighted by Gasteiger charge is -2.09. The van der Waals surface area contributed by atoms with Gasteiger partial charge in [-0.1, -0.05) is 77.0 Å². The molecule has 0 radical (unpaired) electrons. The lowest BCUT2D eigenvalue weighted by Crippen LogP contribution is -2.10. The molecule has 2 rings (SSSR count). The minimum Gasteiger partial charge on any atom is -0.420 e. The van der Waals surface area contributed by atoms with Crippen molar-refractivity contribution in [3.63, 3.8) is 0 Å². The summed E-state index contributed by atoms with van der Waals surface area (Å²) in [5.41, 5.74) is 1.78. The molecule has 2 aromatic carbocycles. The fraction of sp³-hybridized carbons (Fsp3) is 0.480. The Balaban J connectivity index is 1.85. The number of benzene rings is 2. The van der Waals surface area contributed by atoms with E-state index in [-0.39, 0.29) is 5.75 Å². The van der Waals surface area contributed by atoms with Gasteiger partial charge < -0.3 is 4.74 Å². The van der Waals surface area contributed by atoms with Crippen molar-refractivity contribution in [2.45, 2.75) is 78.1 Å². The molecule has 0 N–H and O–H groups in total. The van der Waals surface area contributed by atoms with Crippen LogP contribution in [0.2, 0.25) is 0 Å². The van der Waals surface area contributed by atoms with Gasteiger partial charge in [0, 0.05) is 0 Å². The molecule has 0 aliphatic heterocycles. The van der Waals surface area contributed by atoms with Crippen LogP contribution in [0.15, 0.2) is 36.4 Å². The maximum Gasteiger partial charge on any atom is 0.343 e. The van der Waals surface area contributed by atoms with Crippen LogP contribution in [0.1, 0.15) is 86.7 Å². The molecule has 2 aromatic rings. The van der Waals surface area contributed by atoms with Crippen LogP contribution in [0.3, 0.4) is 0 Å². The van der Waals surface area contributed by atoms with Gasteiger partial charge in [0.2, 0.25) is 5.82 Å². The van der Waals surface area contributed by atoms with Crippen molar-refractivity contribution in [3.8, 4) is 5.75 Å². The topological polar surface area (TPSA) is 26.3 Å². The first kappa shape index (κ1) is 23.1. The molecule has 0 aromatic heterocycles. The fourth-order valence-electron chi connectivity index (χ4n) is 3.37. The summed E-state index contributed by atoms with van der Waals surface area (Å²) >= 11 is 0. The predicted octanol–water partition coefficient (Wildman–Crippen LogP) is 7.43. The van der Waals surface area contributed by atoms with E-state index in [0.29, 0.717) is 24.0 Å². The summed E-state index contributed by atoms with van der Waals surface area (Å²) in [5, 5.41) is 0. The second-order valence-corrected chi connectivity index (χ2v) is 7.56. The van der Waals surface area contributed by atoms with Gasteiger partial charge >= 0.3 is 5.97 Å². The number of carbonyl (C=O) groups is 1. The van der Waals surface area contributed by atoms with E-state index in [1.54, 1.807) is 12.1 Å². The molecule has 4 heteroatoms. The molecule has 0 fully saturated rings. The van der Waals surface area contributed by atoms with Crippen molar-refractivity contribution >= 4 is 5.97 Å². The lowest BCUT2D eigenvalue weighted by molar-refractivity contribution is 0.0726. The zero-order valence-electron chi connectivity index (χ0n) is 17.6. The minimum absolute atomic E-state index is 0.291. The van der Waals surface area contributed by atoms with Crippen LogP contribution in [0.5, 0.6) is 5.75 Å². The Morgan fingerprint density at radius 2 is 1.41 bits per heavy atom. The summed E-state index contributed by atoms with van der Waals surface area (Å²) in [6, 6.07) is 9.94. The second-order valence-electron chi connectivity index (χ2n) is 7.56. The largest absolute Gasteiger partial charge is 0.420 e. The zero-order chi connectivity index (χ0) is 21.1. The molecule has 0 saturated carbocycles. The van der Waals surface area contributed by atoms with E-state index >= 15 is 0 Å². The number of hydrogen-bond acceptors (Lipinski definition) is 2. The number of hydrogen-bond donors (Lipinski definition) is 0. The number of unbranched alkanes of at least 4 members (excludes halogenated alkanes) is 6. The van der Waals surface area contributed by atoms with E-state index in [2.05, 4.69) is 6.92 Å². The molecule has 0 spiro atoms. The Morgan fingerprint density at radius 3 is 2.07 bits per heavy atom. The number of halogens is 2. The normalized spacial score (nSPS) is 10.9. The third-order valence-electron chi connectivity index (χ3n) is 5.11. The van der Waals surface area contributed by atoms with E-state index in [0.717, 1.165) is 18.4 Å². The molecule has 0 unspecified atom stereocenters. The molecule has 0 heterocycles. The van der Waals surface area contributed by atoms with Crippen LogP contribution in [0.4, 0.5) is 8.78 Å². The average molecular weight is 403 g/mol. The first-order valence-corrected chi connectivity index (χ1v) is 10.8. The van der Waals surface area contributed by atoms with Gasteiger partial charge in [-0.25, -0.2) is 9.18 Å². The van der Waals surface area contributed by atoms with Gasteiger partial charge in [0.15, 0.2) is 11.6 Å². The number of ether oxygens (including phenoxy) is 1. The number of aryl methyl sites for hydroxylation is 2. The maximum atomic E-state index is 14.1. The van der Waals surface area contributed by atoms with Crippen LogP contribution in [-0.2, 0) is 12.8 Å². The molecule has 0 aliphatic rings. The van der Waals surface area contributed by atoms with Gasteiger partial charge in [0.25, 0.3) is 0 Å². The van der Waals surface area contributed by atoms with E-state index in [1.165, 1.54) is 50.7 Å². The molecule has 0 bridgehead atoms. The number of carbonyl (C=O) groups excluding carboxylic acids is 1. The van der Waals surface area contributed by atoms with Crippen molar-refractivity contribution in [1.29, 1.82) is 0 Å². The Hall–Kier alpha value is -2.23. The van der Waals surface area contributed by atoms with E-state index in [1.807, 2.05) is 19.1 Å². The molecule has 2 nitrogen and oxygen atoms in total. The van der Waals surface area contributed by atoms with Gasteiger partial charge in [0.05, 0.1) is 5.56 Å². The van der Waals surface area contributed by atoms with Crippen LogP contribution >= 0.6 is 0 Å². The molecule has 0 atom stereocenters. The minimum atomic E-state index is -1.11.